The summed E-state index contributed by atoms with van der Waals surface area (Å²) in [6.45, 7) is 8.89. The zero-order valence-electron chi connectivity index (χ0n) is 14.9. The molecule has 4 aliphatic carbocycles. The fraction of sp³-hybridized carbons (Fsp3) is 0.364. The summed E-state index contributed by atoms with van der Waals surface area (Å²) in [5.41, 5.74) is 11.8. The van der Waals surface area contributed by atoms with Gasteiger partial charge in [0.05, 0.1) is 23.3 Å². The van der Waals surface area contributed by atoms with Gasteiger partial charge in [0.1, 0.15) is 0 Å². The Morgan fingerprint density at radius 3 is 1.25 bits per heavy atom. The maximum absolute atomic E-state index is 9.50. The number of aryl methyl sites for hydroxylation is 2. The molecule has 120 valence electrons. The van der Waals surface area contributed by atoms with E-state index in [1.54, 1.807) is 0 Å². The van der Waals surface area contributed by atoms with Crippen molar-refractivity contribution in [1.29, 1.82) is 10.5 Å². The zero-order chi connectivity index (χ0) is 17.4. The second-order valence-corrected chi connectivity index (χ2v) is 6.85. The average Bonchev–Trinajstić information content (AvgIpc) is 2.58. The van der Waals surface area contributed by atoms with Crippen LogP contribution in [-0.4, -0.2) is 0 Å². The van der Waals surface area contributed by atoms with E-state index in [0.29, 0.717) is 0 Å². The Morgan fingerprint density at radius 2 is 0.958 bits per heavy atom. The van der Waals surface area contributed by atoms with Crippen LogP contribution in [0.25, 0.3) is 0 Å². The molecule has 0 saturated heterocycles. The Labute approximate surface area is 144 Å². The van der Waals surface area contributed by atoms with Gasteiger partial charge in [0.25, 0.3) is 0 Å². The van der Waals surface area contributed by atoms with Crippen LogP contribution in [0.1, 0.15) is 55.6 Å². The van der Waals surface area contributed by atoms with Crippen molar-refractivity contribution in [2.24, 2.45) is 0 Å². The molecule has 0 aliphatic heterocycles. The highest BCUT2D eigenvalue weighted by Crippen LogP contribution is 2.31. The Kier molecular flexibility index (Phi) is 4.16. The highest BCUT2D eigenvalue weighted by Gasteiger charge is 2.18. The van der Waals surface area contributed by atoms with Crippen molar-refractivity contribution in [3.8, 4) is 12.1 Å². The quantitative estimate of drug-likeness (QED) is 0.716. The Bertz CT molecular complexity index is 815. The first-order chi connectivity index (χ1) is 11.5. The van der Waals surface area contributed by atoms with Crippen molar-refractivity contribution in [3.05, 3.63) is 67.8 Å². The first kappa shape index (κ1) is 16.3. The molecule has 2 aromatic rings. The molecule has 2 heteroatoms. The van der Waals surface area contributed by atoms with E-state index in [0.717, 1.165) is 47.9 Å². The van der Waals surface area contributed by atoms with Crippen molar-refractivity contribution in [2.75, 3.05) is 0 Å². The molecule has 0 aromatic heterocycles. The average molecular weight is 314 g/mol. The maximum Gasteiger partial charge on any atom is 0.0994 e. The number of hydrogen-bond donors (Lipinski definition) is 0. The highest BCUT2D eigenvalue weighted by atomic mass is 14.3. The van der Waals surface area contributed by atoms with Crippen LogP contribution < -0.4 is 0 Å². The molecule has 4 aliphatic rings. The summed E-state index contributed by atoms with van der Waals surface area (Å²) in [5.74, 6) is 0. The van der Waals surface area contributed by atoms with Crippen LogP contribution in [-0.2, 0) is 25.7 Å². The van der Waals surface area contributed by atoms with Crippen molar-refractivity contribution < 1.29 is 0 Å². The third-order valence-electron chi connectivity index (χ3n) is 5.79. The minimum absolute atomic E-state index is 0.725. The minimum Gasteiger partial charge on any atom is -0.192 e. The zero-order valence-corrected chi connectivity index (χ0v) is 14.9. The van der Waals surface area contributed by atoms with Gasteiger partial charge in [-0.1, -0.05) is 0 Å². The summed E-state index contributed by atoms with van der Waals surface area (Å²) in [6.07, 6.45) is 3.44. The van der Waals surface area contributed by atoms with Crippen LogP contribution in [0.5, 0.6) is 0 Å². The summed E-state index contributed by atoms with van der Waals surface area (Å²) >= 11 is 0. The number of nitriles is 2. The molecule has 0 fully saturated rings. The molecule has 0 heterocycles. The van der Waals surface area contributed by atoms with Gasteiger partial charge in [-0.15, -0.1) is 0 Å². The molecule has 0 radical (unpaired) electrons. The molecule has 0 amide bonds. The van der Waals surface area contributed by atoms with Crippen molar-refractivity contribution >= 4 is 0 Å². The first-order valence-corrected chi connectivity index (χ1v) is 8.52. The van der Waals surface area contributed by atoms with Gasteiger partial charge in [0.15, 0.2) is 0 Å². The van der Waals surface area contributed by atoms with Gasteiger partial charge in [-0.3, -0.25) is 0 Å². The molecular formula is C22H22N2. The second kappa shape index (κ2) is 6.14. The van der Waals surface area contributed by atoms with E-state index in [4.69, 9.17) is 0 Å². The number of hydrogen-bond acceptors (Lipinski definition) is 2. The lowest BCUT2D eigenvalue weighted by Gasteiger charge is -2.22. The standard InChI is InChI=1S/C22H22N2/c1-13-14(2)22-8-6-18-10-19(11-23)17(9-20(18)12-24)5-7-21(13)15(3)16(22)4/h9-10H,5-8H2,1-4H3. The van der Waals surface area contributed by atoms with Crippen molar-refractivity contribution in [2.45, 2.75) is 53.4 Å². The van der Waals surface area contributed by atoms with Gasteiger partial charge in [-0.05, 0) is 110 Å². The van der Waals surface area contributed by atoms with Crippen molar-refractivity contribution in [1.82, 2.24) is 0 Å². The first-order valence-electron chi connectivity index (χ1n) is 8.52. The molecule has 0 atom stereocenters. The fourth-order valence-corrected chi connectivity index (χ4v) is 4.05. The molecule has 4 bridgehead atoms. The predicted octanol–water partition coefficient (Wildman–Crippen LogP) is 4.55. The predicted molar refractivity (Wildman–Crippen MR) is 96.1 cm³/mol. The van der Waals surface area contributed by atoms with Crippen LogP contribution in [0.2, 0.25) is 0 Å². The lowest BCUT2D eigenvalue weighted by atomic mass is 9.82. The molecule has 2 aromatic carbocycles. The van der Waals surface area contributed by atoms with Gasteiger partial charge < -0.3 is 0 Å². The molecule has 0 saturated carbocycles. The Balaban J connectivity index is 2.25. The van der Waals surface area contributed by atoms with Crippen LogP contribution in [0.15, 0.2) is 12.1 Å². The third kappa shape index (κ3) is 2.49. The van der Waals surface area contributed by atoms with E-state index in [1.807, 2.05) is 12.1 Å². The van der Waals surface area contributed by atoms with Crippen LogP contribution in [0.3, 0.4) is 0 Å². The number of nitrogens with zero attached hydrogens (tertiary/aromatic N) is 2. The summed E-state index contributed by atoms with van der Waals surface area (Å²) in [4.78, 5) is 0. The van der Waals surface area contributed by atoms with E-state index in [9.17, 15) is 10.5 Å². The van der Waals surface area contributed by atoms with E-state index >= 15 is 0 Å². The molecule has 24 heavy (non-hydrogen) atoms. The summed E-state index contributed by atoms with van der Waals surface area (Å²) < 4.78 is 0. The van der Waals surface area contributed by atoms with E-state index in [1.165, 1.54) is 33.4 Å². The highest BCUT2D eigenvalue weighted by molar-refractivity contribution is 5.54. The smallest absolute Gasteiger partial charge is 0.0994 e. The van der Waals surface area contributed by atoms with Gasteiger partial charge >= 0.3 is 0 Å². The molecule has 0 unspecified atom stereocenters. The third-order valence-corrected chi connectivity index (χ3v) is 5.79. The maximum atomic E-state index is 9.50. The monoisotopic (exact) mass is 314 g/mol. The van der Waals surface area contributed by atoms with E-state index < -0.39 is 0 Å². The van der Waals surface area contributed by atoms with E-state index in [2.05, 4.69) is 39.8 Å². The van der Waals surface area contributed by atoms with Gasteiger partial charge in [-0.2, -0.15) is 10.5 Å². The van der Waals surface area contributed by atoms with Crippen LogP contribution in [0, 0.1) is 50.4 Å². The van der Waals surface area contributed by atoms with Gasteiger partial charge in [-0.25, -0.2) is 0 Å². The summed E-state index contributed by atoms with van der Waals surface area (Å²) in [5, 5.41) is 19.0. The normalized spacial score (nSPS) is 13.1. The molecule has 2 nitrogen and oxygen atoms in total. The van der Waals surface area contributed by atoms with Crippen LogP contribution >= 0.6 is 0 Å². The summed E-state index contributed by atoms with van der Waals surface area (Å²) in [7, 11) is 0. The molecular weight excluding hydrogens is 292 g/mol. The number of rotatable bonds is 0. The Hall–Kier alpha value is -2.58. The van der Waals surface area contributed by atoms with Gasteiger partial charge in [0.2, 0.25) is 0 Å². The largest absolute Gasteiger partial charge is 0.192 e. The molecule has 6 rings (SSSR count). The second-order valence-electron chi connectivity index (χ2n) is 6.85. The van der Waals surface area contributed by atoms with E-state index in [-0.39, 0.29) is 0 Å². The SMILES string of the molecule is Cc1c(C)c2c(C)c(C)c1CCc1cc(C#N)c(cc1C#N)CC2. The van der Waals surface area contributed by atoms with Gasteiger partial charge in [0, 0.05) is 0 Å². The van der Waals surface area contributed by atoms with Crippen molar-refractivity contribution in [3.63, 3.8) is 0 Å². The fourth-order valence-electron chi connectivity index (χ4n) is 4.05. The minimum atomic E-state index is 0.725. The topological polar surface area (TPSA) is 47.6 Å². The molecule has 0 N–H and O–H groups in total. The Morgan fingerprint density at radius 1 is 0.625 bits per heavy atom. The lowest BCUT2D eigenvalue weighted by Crippen LogP contribution is -2.10. The molecule has 0 spiro atoms. The van der Waals surface area contributed by atoms with Crippen LogP contribution in [0.4, 0.5) is 0 Å². The summed E-state index contributed by atoms with van der Waals surface area (Å²) in [6, 6.07) is 8.52. The number of benzene rings is 2. The lowest BCUT2D eigenvalue weighted by molar-refractivity contribution is 0.875.